The van der Waals surface area contributed by atoms with Gasteiger partial charge in [-0.05, 0) is 31.0 Å². The van der Waals surface area contributed by atoms with Crippen molar-refractivity contribution in [3.05, 3.63) is 29.3 Å². The second-order valence-electron chi connectivity index (χ2n) is 3.09. The molecule has 0 radical (unpaired) electrons. The smallest absolute Gasteiger partial charge is 0.191 e. The summed E-state index contributed by atoms with van der Waals surface area (Å²) < 4.78 is 5.65. The van der Waals surface area contributed by atoms with Crippen LogP contribution in [0.2, 0.25) is 0 Å². The highest BCUT2D eigenvalue weighted by molar-refractivity contribution is 7.91. The Labute approximate surface area is 77.3 Å². The summed E-state index contributed by atoms with van der Waals surface area (Å²) in [5.41, 5.74) is 2.46. The molecule has 1 rings (SSSR count). The lowest BCUT2D eigenvalue weighted by atomic mass is 10.1. The normalized spacial score (nSPS) is 10.4. The van der Waals surface area contributed by atoms with Crippen LogP contribution in [0.25, 0.3) is 0 Å². The summed E-state index contributed by atoms with van der Waals surface area (Å²) in [4.78, 5) is 0. The molecule has 0 saturated heterocycles. The Morgan fingerprint density at radius 1 is 1.17 bits per heavy atom. The summed E-state index contributed by atoms with van der Waals surface area (Å²) in [6.45, 7) is 4.15. The van der Waals surface area contributed by atoms with Crippen molar-refractivity contribution in [2.24, 2.45) is 0 Å². The van der Waals surface area contributed by atoms with E-state index < -0.39 is 0 Å². The summed E-state index contributed by atoms with van der Waals surface area (Å²) in [7, 11) is 0. The molecule has 0 bridgehead atoms. The molecule has 1 aromatic carbocycles. The fourth-order valence-electron chi connectivity index (χ4n) is 0.977. The summed E-state index contributed by atoms with van der Waals surface area (Å²) in [5.74, 6) is 1.02. The van der Waals surface area contributed by atoms with Crippen molar-refractivity contribution in [2.75, 3.05) is 12.5 Å². The van der Waals surface area contributed by atoms with E-state index in [1.165, 1.54) is 11.1 Å². The zero-order chi connectivity index (χ0) is 9.14. The van der Waals surface area contributed by atoms with E-state index in [4.69, 9.17) is 4.18 Å². The van der Waals surface area contributed by atoms with Crippen molar-refractivity contribution in [1.82, 2.24) is 0 Å². The summed E-state index contributed by atoms with van der Waals surface area (Å²) >= 11 is 0.0149. The fraction of sp³-hybridized carbons (Fsp3) is 0.400. The van der Waals surface area contributed by atoms with Crippen LogP contribution in [-0.4, -0.2) is 12.5 Å². The van der Waals surface area contributed by atoms with Gasteiger partial charge < -0.3 is 0 Å². The highest BCUT2D eigenvalue weighted by Gasteiger charge is 2.08. The van der Waals surface area contributed by atoms with E-state index in [1.54, 1.807) is 0 Å². The van der Waals surface area contributed by atoms with Crippen LogP contribution in [0, 0.1) is 13.8 Å². The molecule has 2 heteroatoms. The molecule has 0 fully saturated rings. The third-order valence-corrected chi connectivity index (χ3v) is 2.11. The molecule has 0 aliphatic heterocycles. The minimum absolute atomic E-state index is 0.0149. The predicted molar refractivity (Wildman–Crippen MR) is 55.8 cm³/mol. The van der Waals surface area contributed by atoms with Gasteiger partial charge in [-0.25, -0.2) is 0 Å². The van der Waals surface area contributed by atoms with Crippen LogP contribution in [0.5, 0.6) is 5.75 Å². The third-order valence-electron chi connectivity index (χ3n) is 1.60. The Bertz CT molecular complexity index is 269. The van der Waals surface area contributed by atoms with E-state index in [0.717, 1.165) is 5.75 Å². The number of benzene rings is 1. The van der Waals surface area contributed by atoms with Crippen molar-refractivity contribution >= 4 is 11.2 Å². The Hall–Kier alpha value is -0.630. The summed E-state index contributed by atoms with van der Waals surface area (Å²) in [6, 6.07) is 6.28. The van der Waals surface area contributed by atoms with Crippen LogP contribution in [0.15, 0.2) is 18.2 Å². The fourth-order valence-corrected chi connectivity index (χ4v) is 1.52. The molecule has 0 saturated carbocycles. The Morgan fingerprint density at radius 3 is 2.42 bits per heavy atom. The molecule has 0 amide bonds. The molecule has 1 nitrogen and oxygen atoms in total. The van der Waals surface area contributed by atoms with Gasteiger partial charge in [0, 0.05) is 0 Å². The SMILES string of the molecule is Cc1ccc(C)c(O[S+](C)C)c1. The van der Waals surface area contributed by atoms with E-state index in [-0.39, 0.29) is 11.2 Å². The molecule has 0 aliphatic rings. The van der Waals surface area contributed by atoms with Gasteiger partial charge in [0.1, 0.15) is 12.5 Å². The van der Waals surface area contributed by atoms with Crippen LogP contribution >= 0.6 is 0 Å². The maximum Gasteiger partial charge on any atom is 0.191 e. The number of hydrogen-bond donors (Lipinski definition) is 0. The third kappa shape index (κ3) is 2.45. The zero-order valence-electron chi connectivity index (χ0n) is 8.05. The molecule has 66 valence electrons. The van der Waals surface area contributed by atoms with Crippen molar-refractivity contribution in [3.63, 3.8) is 0 Å². The van der Waals surface area contributed by atoms with Gasteiger partial charge >= 0.3 is 0 Å². The standard InChI is InChI=1S/C10H15OS/c1-8-5-6-9(2)10(7-8)11-12(3)4/h5-7H,1-4H3/q+1. The zero-order valence-corrected chi connectivity index (χ0v) is 8.87. The Kier molecular flexibility index (Phi) is 3.04. The van der Waals surface area contributed by atoms with Gasteiger partial charge in [-0.3, -0.25) is 4.18 Å². The average molecular weight is 183 g/mol. The van der Waals surface area contributed by atoms with Crippen LogP contribution in [0.1, 0.15) is 11.1 Å². The van der Waals surface area contributed by atoms with Crippen molar-refractivity contribution < 1.29 is 4.18 Å². The van der Waals surface area contributed by atoms with Gasteiger partial charge in [0.2, 0.25) is 0 Å². The number of hydrogen-bond acceptors (Lipinski definition) is 1. The minimum atomic E-state index is 0.0149. The maximum atomic E-state index is 5.65. The minimum Gasteiger partial charge on any atom is -0.286 e. The molecule has 0 heterocycles. The van der Waals surface area contributed by atoms with Crippen LogP contribution in [0.4, 0.5) is 0 Å². The highest BCUT2D eigenvalue weighted by Crippen LogP contribution is 2.20. The van der Waals surface area contributed by atoms with E-state index >= 15 is 0 Å². The molecule has 12 heavy (non-hydrogen) atoms. The molecule has 0 aromatic heterocycles. The quantitative estimate of drug-likeness (QED) is 0.640. The lowest BCUT2D eigenvalue weighted by molar-refractivity contribution is 0.628. The van der Waals surface area contributed by atoms with E-state index in [1.807, 2.05) is 0 Å². The summed E-state index contributed by atoms with van der Waals surface area (Å²) in [6.07, 6.45) is 4.14. The molecule has 0 spiro atoms. The highest BCUT2D eigenvalue weighted by atomic mass is 32.2. The monoisotopic (exact) mass is 183 g/mol. The van der Waals surface area contributed by atoms with Gasteiger partial charge in [0.15, 0.2) is 16.9 Å². The molecule has 1 aromatic rings. The molecule has 0 aliphatic carbocycles. The Morgan fingerprint density at radius 2 is 1.83 bits per heavy atom. The summed E-state index contributed by atoms with van der Waals surface area (Å²) in [5, 5.41) is 0. The average Bonchev–Trinajstić information content (AvgIpc) is 1.96. The first kappa shape index (κ1) is 9.46. The van der Waals surface area contributed by atoms with E-state index in [9.17, 15) is 0 Å². The largest absolute Gasteiger partial charge is 0.286 e. The van der Waals surface area contributed by atoms with Crippen LogP contribution in [0.3, 0.4) is 0 Å². The number of aryl methyl sites for hydroxylation is 2. The van der Waals surface area contributed by atoms with Gasteiger partial charge in [0.25, 0.3) is 0 Å². The molecule has 0 atom stereocenters. The van der Waals surface area contributed by atoms with Gasteiger partial charge in [-0.15, -0.1) is 0 Å². The van der Waals surface area contributed by atoms with Crippen LogP contribution in [-0.2, 0) is 11.2 Å². The second kappa shape index (κ2) is 3.85. The molecule has 0 unspecified atom stereocenters. The van der Waals surface area contributed by atoms with Crippen molar-refractivity contribution in [3.8, 4) is 5.75 Å². The maximum absolute atomic E-state index is 5.65. The van der Waals surface area contributed by atoms with Crippen molar-refractivity contribution in [2.45, 2.75) is 13.8 Å². The van der Waals surface area contributed by atoms with Crippen molar-refractivity contribution in [1.29, 1.82) is 0 Å². The number of rotatable bonds is 2. The predicted octanol–water partition coefficient (Wildman–Crippen LogP) is 2.48. The lowest BCUT2D eigenvalue weighted by Crippen LogP contribution is -2.05. The first-order chi connectivity index (χ1) is 5.59. The van der Waals surface area contributed by atoms with Gasteiger partial charge in [0.05, 0.1) is 0 Å². The molecular formula is C10H15OS+. The van der Waals surface area contributed by atoms with Gasteiger partial charge in [-0.2, -0.15) is 0 Å². The first-order valence-electron chi connectivity index (χ1n) is 3.93. The second-order valence-corrected chi connectivity index (χ2v) is 4.74. The lowest BCUT2D eigenvalue weighted by Gasteiger charge is -2.03. The first-order valence-corrected chi connectivity index (χ1v) is 5.89. The van der Waals surface area contributed by atoms with E-state index in [2.05, 4.69) is 44.6 Å². The topological polar surface area (TPSA) is 9.23 Å². The van der Waals surface area contributed by atoms with Gasteiger partial charge in [-0.1, -0.05) is 12.1 Å². The van der Waals surface area contributed by atoms with Crippen LogP contribution < -0.4 is 4.18 Å². The molecular weight excluding hydrogens is 168 g/mol. The van der Waals surface area contributed by atoms with E-state index in [0.29, 0.717) is 0 Å². The Balaban J connectivity index is 2.90. The molecule has 0 N–H and O–H groups in total.